The van der Waals surface area contributed by atoms with Crippen molar-refractivity contribution in [2.75, 3.05) is 13.7 Å². The summed E-state index contributed by atoms with van der Waals surface area (Å²) in [5.74, 6) is 0.152. The first kappa shape index (κ1) is 19.4. The largest absolute Gasteiger partial charge is 0.484 e. The highest BCUT2D eigenvalue weighted by Gasteiger charge is 2.28. The van der Waals surface area contributed by atoms with Crippen molar-refractivity contribution >= 4 is 6.03 Å². The zero-order valence-electron chi connectivity index (χ0n) is 14.6. The molecule has 0 heterocycles. The fourth-order valence-electron chi connectivity index (χ4n) is 3.02. The lowest BCUT2D eigenvalue weighted by Crippen LogP contribution is -2.45. The molecule has 1 aromatic carbocycles. The molecule has 0 aliphatic heterocycles. The maximum absolute atomic E-state index is 12.4. The van der Waals surface area contributed by atoms with Crippen LogP contribution >= 0.6 is 0 Å². The van der Waals surface area contributed by atoms with E-state index in [1.807, 2.05) is 14.0 Å². The van der Waals surface area contributed by atoms with E-state index in [0.717, 1.165) is 31.2 Å². The minimum Gasteiger partial charge on any atom is -0.484 e. The summed E-state index contributed by atoms with van der Waals surface area (Å²) in [5, 5.41) is 2.94. The van der Waals surface area contributed by atoms with Crippen LogP contribution in [0.15, 0.2) is 24.3 Å². The van der Waals surface area contributed by atoms with Gasteiger partial charge in [-0.2, -0.15) is 13.2 Å². The lowest BCUT2D eigenvalue weighted by Gasteiger charge is -2.32. The predicted octanol–water partition coefficient (Wildman–Crippen LogP) is 4.66. The van der Waals surface area contributed by atoms with Gasteiger partial charge in [-0.25, -0.2) is 4.79 Å². The van der Waals surface area contributed by atoms with Crippen molar-refractivity contribution in [1.29, 1.82) is 0 Å². The molecule has 1 unspecified atom stereocenters. The molecule has 0 aromatic heterocycles. The maximum Gasteiger partial charge on any atom is 0.422 e. The molecule has 140 valence electrons. The van der Waals surface area contributed by atoms with Crippen molar-refractivity contribution in [3.8, 4) is 5.75 Å². The molecule has 7 heteroatoms. The molecule has 1 atom stereocenters. The van der Waals surface area contributed by atoms with Crippen LogP contribution in [0.5, 0.6) is 5.75 Å². The van der Waals surface area contributed by atoms with Crippen LogP contribution in [-0.2, 0) is 0 Å². The Balaban J connectivity index is 1.87. The number of ether oxygens (including phenoxy) is 1. The van der Waals surface area contributed by atoms with Gasteiger partial charge in [0.05, 0.1) is 6.04 Å². The zero-order chi connectivity index (χ0) is 18.4. The van der Waals surface area contributed by atoms with E-state index in [0.29, 0.717) is 0 Å². The van der Waals surface area contributed by atoms with Crippen molar-refractivity contribution in [3.05, 3.63) is 29.8 Å². The molecule has 1 aromatic rings. The summed E-state index contributed by atoms with van der Waals surface area (Å²) < 4.78 is 41.1. The molecular weight excluding hydrogens is 333 g/mol. The molecule has 1 aliphatic rings. The second-order valence-electron chi connectivity index (χ2n) is 6.55. The van der Waals surface area contributed by atoms with E-state index in [9.17, 15) is 18.0 Å². The molecule has 0 spiro atoms. The number of carbonyl (C=O) groups excluding carboxylic acids is 1. The van der Waals surface area contributed by atoms with E-state index in [1.165, 1.54) is 18.6 Å². The lowest BCUT2D eigenvalue weighted by atomic mass is 9.95. The Morgan fingerprint density at radius 2 is 1.84 bits per heavy atom. The number of rotatable bonds is 5. The predicted molar refractivity (Wildman–Crippen MR) is 89.6 cm³/mol. The summed E-state index contributed by atoms with van der Waals surface area (Å²) in [4.78, 5) is 14.1. The van der Waals surface area contributed by atoms with Gasteiger partial charge < -0.3 is 15.0 Å². The number of nitrogens with zero attached hydrogens (tertiary/aromatic N) is 1. The van der Waals surface area contributed by atoms with E-state index in [1.54, 1.807) is 17.0 Å². The number of hydrogen-bond acceptors (Lipinski definition) is 2. The molecule has 2 amide bonds. The van der Waals surface area contributed by atoms with Crippen LogP contribution in [0.25, 0.3) is 0 Å². The molecule has 4 nitrogen and oxygen atoms in total. The average Bonchev–Trinajstić information content (AvgIpc) is 2.59. The van der Waals surface area contributed by atoms with E-state index >= 15 is 0 Å². The van der Waals surface area contributed by atoms with Crippen molar-refractivity contribution in [2.24, 2.45) is 0 Å². The van der Waals surface area contributed by atoms with Crippen LogP contribution in [-0.4, -0.2) is 36.8 Å². The second-order valence-corrected chi connectivity index (χ2v) is 6.55. The van der Waals surface area contributed by atoms with Gasteiger partial charge >= 0.3 is 12.2 Å². The average molecular weight is 358 g/mol. The van der Waals surface area contributed by atoms with Crippen LogP contribution in [0.3, 0.4) is 0 Å². The van der Waals surface area contributed by atoms with Crippen LogP contribution in [0, 0.1) is 0 Å². The third-order valence-corrected chi connectivity index (χ3v) is 4.57. The van der Waals surface area contributed by atoms with Gasteiger partial charge in [0, 0.05) is 13.1 Å². The minimum absolute atomic E-state index is 0.128. The van der Waals surface area contributed by atoms with Crippen molar-refractivity contribution in [2.45, 2.75) is 57.3 Å². The Bertz CT molecular complexity index is 554. The molecule has 2 rings (SSSR count). The van der Waals surface area contributed by atoms with Gasteiger partial charge in [0.1, 0.15) is 5.75 Å². The van der Waals surface area contributed by atoms with Crippen molar-refractivity contribution < 1.29 is 22.7 Å². The van der Waals surface area contributed by atoms with Crippen molar-refractivity contribution in [1.82, 2.24) is 10.2 Å². The second kappa shape index (κ2) is 8.45. The maximum atomic E-state index is 12.4. The topological polar surface area (TPSA) is 41.6 Å². The number of hydrogen-bond donors (Lipinski definition) is 1. The van der Waals surface area contributed by atoms with Gasteiger partial charge in [-0.1, -0.05) is 31.4 Å². The van der Waals surface area contributed by atoms with Gasteiger partial charge in [-0.15, -0.1) is 0 Å². The molecule has 0 bridgehead atoms. The molecule has 1 saturated carbocycles. The SMILES string of the molecule is CC(NC(=O)N(C)C1CCCCC1)c1ccc(OCC(F)(F)F)cc1. The van der Waals surface area contributed by atoms with E-state index in [4.69, 9.17) is 0 Å². The van der Waals surface area contributed by atoms with Crippen LogP contribution in [0.1, 0.15) is 50.6 Å². The van der Waals surface area contributed by atoms with E-state index < -0.39 is 12.8 Å². The number of alkyl halides is 3. The molecule has 1 fully saturated rings. The molecule has 1 N–H and O–H groups in total. The molecule has 0 radical (unpaired) electrons. The van der Waals surface area contributed by atoms with Crippen LogP contribution in [0.4, 0.5) is 18.0 Å². The smallest absolute Gasteiger partial charge is 0.422 e. The van der Waals surface area contributed by atoms with Crippen LogP contribution < -0.4 is 10.1 Å². The van der Waals surface area contributed by atoms with Crippen molar-refractivity contribution in [3.63, 3.8) is 0 Å². The summed E-state index contributed by atoms with van der Waals surface area (Å²) in [5.41, 5.74) is 0.810. The summed E-state index contributed by atoms with van der Waals surface area (Å²) >= 11 is 0. The van der Waals surface area contributed by atoms with Gasteiger partial charge in [0.25, 0.3) is 0 Å². The monoisotopic (exact) mass is 358 g/mol. The summed E-state index contributed by atoms with van der Waals surface area (Å²) in [7, 11) is 1.81. The Morgan fingerprint density at radius 1 is 1.24 bits per heavy atom. The molecule has 25 heavy (non-hydrogen) atoms. The third kappa shape index (κ3) is 6.14. The third-order valence-electron chi connectivity index (χ3n) is 4.57. The number of carbonyl (C=O) groups is 1. The highest BCUT2D eigenvalue weighted by Crippen LogP contribution is 2.23. The number of halogens is 3. The number of urea groups is 1. The highest BCUT2D eigenvalue weighted by molar-refractivity contribution is 5.74. The van der Waals surface area contributed by atoms with Gasteiger partial charge in [-0.3, -0.25) is 0 Å². The fraction of sp³-hybridized carbons (Fsp3) is 0.611. The van der Waals surface area contributed by atoms with Gasteiger partial charge in [0.15, 0.2) is 6.61 Å². The number of amides is 2. The standard InChI is InChI=1S/C18H25F3N2O2/c1-13(22-17(24)23(2)15-6-4-3-5-7-15)14-8-10-16(11-9-14)25-12-18(19,20)21/h8-11,13,15H,3-7,12H2,1-2H3,(H,22,24). The Kier molecular flexibility index (Phi) is 6.56. The molecule has 1 aliphatic carbocycles. The Morgan fingerprint density at radius 3 is 2.40 bits per heavy atom. The lowest BCUT2D eigenvalue weighted by molar-refractivity contribution is -0.153. The van der Waals surface area contributed by atoms with Crippen LogP contribution in [0.2, 0.25) is 0 Å². The number of benzene rings is 1. The van der Waals surface area contributed by atoms with E-state index in [2.05, 4.69) is 10.1 Å². The molecular formula is C18H25F3N2O2. The van der Waals surface area contributed by atoms with Gasteiger partial charge in [-0.05, 0) is 37.5 Å². The summed E-state index contributed by atoms with van der Waals surface area (Å²) in [6.07, 6.45) is 1.23. The Hall–Kier alpha value is -1.92. The number of nitrogens with one attached hydrogen (secondary N) is 1. The first-order valence-corrected chi connectivity index (χ1v) is 8.59. The first-order valence-electron chi connectivity index (χ1n) is 8.59. The quantitative estimate of drug-likeness (QED) is 0.831. The van der Waals surface area contributed by atoms with E-state index in [-0.39, 0.29) is 23.9 Å². The zero-order valence-corrected chi connectivity index (χ0v) is 14.6. The molecule has 0 saturated heterocycles. The summed E-state index contributed by atoms with van der Waals surface area (Å²) in [6, 6.07) is 6.20. The highest BCUT2D eigenvalue weighted by atomic mass is 19.4. The normalized spacial score (nSPS) is 17.0. The minimum atomic E-state index is -4.36. The van der Waals surface area contributed by atoms with Gasteiger partial charge in [0.2, 0.25) is 0 Å². The first-order chi connectivity index (χ1) is 11.8. The summed E-state index contributed by atoms with van der Waals surface area (Å²) in [6.45, 7) is 0.531. The Labute approximate surface area is 146 Å². The fourth-order valence-corrected chi connectivity index (χ4v) is 3.02.